The molecule has 0 aliphatic rings. The van der Waals surface area contributed by atoms with E-state index < -0.39 is 0 Å². The highest BCUT2D eigenvalue weighted by molar-refractivity contribution is 9.10. The van der Waals surface area contributed by atoms with Crippen LogP contribution in [0.2, 0.25) is 5.02 Å². The highest BCUT2D eigenvalue weighted by Gasteiger charge is 2.21. The summed E-state index contributed by atoms with van der Waals surface area (Å²) < 4.78 is 1.86. The molecule has 7 heteroatoms. The number of carbonyl (C=O) groups is 1. The van der Waals surface area contributed by atoms with E-state index in [-0.39, 0.29) is 5.91 Å². The van der Waals surface area contributed by atoms with Crippen LogP contribution in [0.5, 0.6) is 0 Å². The Labute approximate surface area is 170 Å². The third-order valence-corrected chi connectivity index (χ3v) is 5.64. The zero-order chi connectivity index (χ0) is 18.7. The van der Waals surface area contributed by atoms with Crippen molar-refractivity contribution >= 4 is 60.1 Å². The zero-order valence-corrected chi connectivity index (χ0v) is 17.7. The topological polar surface area (TPSA) is 36.4 Å². The molecule has 2 aromatic carbocycles. The van der Waals surface area contributed by atoms with Gasteiger partial charge < -0.3 is 4.90 Å². The molecule has 0 aliphatic carbocycles. The van der Waals surface area contributed by atoms with Crippen molar-refractivity contribution in [1.29, 1.82) is 0 Å². The smallest absolute Gasteiger partial charge is 0.260 e. The van der Waals surface area contributed by atoms with Gasteiger partial charge in [-0.2, -0.15) is 0 Å². The van der Waals surface area contributed by atoms with Crippen LogP contribution in [0.15, 0.2) is 46.9 Å². The van der Waals surface area contributed by atoms with Gasteiger partial charge in [-0.25, -0.2) is 4.98 Å². The molecule has 0 N–H and O–H groups in total. The van der Waals surface area contributed by atoms with Crippen molar-refractivity contribution in [3.8, 4) is 0 Å². The summed E-state index contributed by atoms with van der Waals surface area (Å²) in [4.78, 5) is 21.7. The third-order valence-electron chi connectivity index (χ3n) is 3.87. The quantitative estimate of drug-likeness (QED) is 0.508. The third kappa shape index (κ3) is 4.62. The molecule has 26 heavy (non-hydrogen) atoms. The van der Waals surface area contributed by atoms with Gasteiger partial charge >= 0.3 is 0 Å². The fraction of sp³-hybridized carbons (Fsp3) is 0.263. The molecule has 0 saturated heterocycles. The Bertz CT molecular complexity index is 928. The summed E-state index contributed by atoms with van der Waals surface area (Å²) in [5, 5.41) is 1.37. The van der Waals surface area contributed by atoms with Crippen molar-refractivity contribution in [2.75, 3.05) is 32.1 Å². The van der Waals surface area contributed by atoms with Crippen LogP contribution >= 0.6 is 38.9 Å². The van der Waals surface area contributed by atoms with Gasteiger partial charge in [-0.3, -0.25) is 9.69 Å². The van der Waals surface area contributed by atoms with Gasteiger partial charge in [-0.1, -0.05) is 44.9 Å². The Morgan fingerprint density at radius 3 is 2.73 bits per heavy atom. The molecule has 1 aromatic heterocycles. The molecule has 0 atom stereocenters. The van der Waals surface area contributed by atoms with Gasteiger partial charge in [0.15, 0.2) is 5.13 Å². The van der Waals surface area contributed by atoms with Crippen molar-refractivity contribution < 1.29 is 4.79 Å². The molecule has 0 fully saturated rings. The van der Waals surface area contributed by atoms with E-state index in [1.807, 2.05) is 56.6 Å². The second-order valence-corrected chi connectivity index (χ2v) is 8.59. The van der Waals surface area contributed by atoms with Crippen LogP contribution in [-0.2, 0) is 0 Å². The molecule has 136 valence electrons. The van der Waals surface area contributed by atoms with E-state index in [0.717, 1.165) is 27.7 Å². The maximum atomic E-state index is 13.1. The van der Waals surface area contributed by atoms with E-state index in [2.05, 4.69) is 25.8 Å². The van der Waals surface area contributed by atoms with Crippen LogP contribution in [0.25, 0.3) is 10.2 Å². The second kappa shape index (κ2) is 8.48. The number of thiazole rings is 1. The van der Waals surface area contributed by atoms with Crippen LogP contribution in [0.3, 0.4) is 0 Å². The van der Waals surface area contributed by atoms with Crippen molar-refractivity contribution in [2.24, 2.45) is 0 Å². The molecule has 0 radical (unpaired) electrons. The van der Waals surface area contributed by atoms with Crippen LogP contribution in [-0.4, -0.2) is 43.0 Å². The molecule has 1 amide bonds. The molecular formula is C19H19BrClN3OS. The second-order valence-electron chi connectivity index (χ2n) is 6.23. The first-order valence-corrected chi connectivity index (χ1v) is 10.2. The lowest BCUT2D eigenvalue weighted by Gasteiger charge is -2.21. The molecule has 3 rings (SSSR count). The van der Waals surface area contributed by atoms with E-state index in [4.69, 9.17) is 11.6 Å². The Hall–Kier alpha value is -1.47. The monoisotopic (exact) mass is 451 g/mol. The number of hydrogen-bond acceptors (Lipinski definition) is 4. The normalized spacial score (nSPS) is 11.3. The summed E-state index contributed by atoms with van der Waals surface area (Å²) >= 11 is 11.0. The lowest BCUT2D eigenvalue weighted by Crippen LogP contribution is -2.33. The number of amides is 1. The van der Waals surface area contributed by atoms with Gasteiger partial charge in [0.2, 0.25) is 0 Å². The van der Waals surface area contributed by atoms with Crippen molar-refractivity contribution in [3.63, 3.8) is 0 Å². The number of anilines is 1. The molecule has 0 unspecified atom stereocenters. The Morgan fingerprint density at radius 1 is 1.19 bits per heavy atom. The standard InChI is InChI=1S/C19H19BrClN3OS/c1-23(2)9-4-10-24(18(25)13-5-3-6-14(20)11-13)19-22-16-8-7-15(21)12-17(16)26-19/h3,5-8,11-12H,4,9-10H2,1-2H3. The number of aromatic nitrogens is 1. The summed E-state index contributed by atoms with van der Waals surface area (Å²) in [6, 6.07) is 13.0. The maximum absolute atomic E-state index is 13.1. The van der Waals surface area contributed by atoms with Crippen molar-refractivity contribution in [3.05, 3.63) is 57.5 Å². The molecule has 0 saturated carbocycles. The van der Waals surface area contributed by atoms with E-state index in [1.54, 1.807) is 4.90 Å². The SMILES string of the molecule is CN(C)CCCN(C(=O)c1cccc(Br)c1)c1nc2ccc(Cl)cc2s1. The van der Waals surface area contributed by atoms with E-state index in [0.29, 0.717) is 22.3 Å². The van der Waals surface area contributed by atoms with Crippen LogP contribution in [0.4, 0.5) is 5.13 Å². The number of hydrogen-bond donors (Lipinski definition) is 0. The average molecular weight is 453 g/mol. The molecule has 3 aromatic rings. The first-order chi connectivity index (χ1) is 12.4. The van der Waals surface area contributed by atoms with Gasteiger partial charge in [0.05, 0.1) is 10.2 Å². The predicted molar refractivity (Wildman–Crippen MR) is 114 cm³/mol. The summed E-state index contributed by atoms with van der Waals surface area (Å²) in [5.74, 6) is -0.0461. The van der Waals surface area contributed by atoms with Gasteiger partial charge in [0, 0.05) is 21.6 Å². The van der Waals surface area contributed by atoms with Crippen LogP contribution in [0.1, 0.15) is 16.8 Å². The summed E-state index contributed by atoms with van der Waals surface area (Å²) in [6.07, 6.45) is 0.865. The summed E-state index contributed by atoms with van der Waals surface area (Å²) in [7, 11) is 4.06. The molecule has 0 spiro atoms. The van der Waals surface area contributed by atoms with Gasteiger partial charge in [0.1, 0.15) is 0 Å². The largest absolute Gasteiger partial charge is 0.309 e. The van der Waals surface area contributed by atoms with Gasteiger partial charge in [0.25, 0.3) is 5.91 Å². The van der Waals surface area contributed by atoms with Crippen LogP contribution in [0, 0.1) is 0 Å². The Kier molecular flexibility index (Phi) is 6.29. The molecule has 0 bridgehead atoms. The Morgan fingerprint density at radius 2 is 2.00 bits per heavy atom. The average Bonchev–Trinajstić information content (AvgIpc) is 3.00. The fourth-order valence-electron chi connectivity index (χ4n) is 2.61. The molecule has 4 nitrogen and oxygen atoms in total. The van der Waals surface area contributed by atoms with Crippen molar-refractivity contribution in [2.45, 2.75) is 6.42 Å². The minimum absolute atomic E-state index is 0.0461. The number of fused-ring (bicyclic) bond motifs is 1. The van der Waals surface area contributed by atoms with Gasteiger partial charge in [-0.15, -0.1) is 0 Å². The first-order valence-electron chi connectivity index (χ1n) is 8.22. The first kappa shape index (κ1) is 19.3. The Balaban J connectivity index is 1.94. The minimum atomic E-state index is -0.0461. The number of carbonyl (C=O) groups excluding carboxylic acids is 1. The highest BCUT2D eigenvalue weighted by atomic mass is 79.9. The minimum Gasteiger partial charge on any atom is -0.309 e. The number of rotatable bonds is 6. The van der Waals surface area contributed by atoms with E-state index in [9.17, 15) is 4.79 Å². The van der Waals surface area contributed by atoms with E-state index in [1.165, 1.54) is 11.3 Å². The predicted octanol–water partition coefficient (Wildman–Crippen LogP) is 5.31. The fourth-order valence-corrected chi connectivity index (χ4v) is 4.27. The summed E-state index contributed by atoms with van der Waals surface area (Å²) in [5.41, 5.74) is 1.50. The van der Waals surface area contributed by atoms with Crippen molar-refractivity contribution in [1.82, 2.24) is 9.88 Å². The number of halogens is 2. The maximum Gasteiger partial charge on any atom is 0.260 e. The highest BCUT2D eigenvalue weighted by Crippen LogP contribution is 2.31. The zero-order valence-electron chi connectivity index (χ0n) is 14.6. The summed E-state index contributed by atoms with van der Waals surface area (Å²) in [6.45, 7) is 1.51. The van der Waals surface area contributed by atoms with Crippen LogP contribution < -0.4 is 4.90 Å². The lowest BCUT2D eigenvalue weighted by atomic mass is 10.2. The molecular weight excluding hydrogens is 434 g/mol. The molecule has 0 aliphatic heterocycles. The molecule has 1 heterocycles. The van der Waals surface area contributed by atoms with Gasteiger partial charge in [-0.05, 0) is 63.5 Å². The number of benzene rings is 2. The van der Waals surface area contributed by atoms with E-state index >= 15 is 0 Å². The number of nitrogens with zero attached hydrogens (tertiary/aromatic N) is 3. The lowest BCUT2D eigenvalue weighted by molar-refractivity contribution is 0.0986.